The highest BCUT2D eigenvalue weighted by Gasteiger charge is 2.57. The number of aromatic hydroxyl groups is 1. The number of nitrogens with zero attached hydrogens (tertiary/aromatic N) is 1. The number of fused-ring (bicyclic) bond motifs is 1. The molecule has 0 bridgehead atoms. The molecule has 0 unspecified atom stereocenters. The predicted octanol–water partition coefficient (Wildman–Crippen LogP) is 3.27. The number of likely N-dealkylation sites (tertiary alicyclic amines) is 1. The fourth-order valence-electron chi connectivity index (χ4n) is 5.46. The summed E-state index contributed by atoms with van der Waals surface area (Å²) >= 11 is 0. The van der Waals surface area contributed by atoms with Gasteiger partial charge in [-0.3, -0.25) is 0 Å². The van der Waals surface area contributed by atoms with Crippen LogP contribution < -0.4 is 5.32 Å². The maximum atomic E-state index is 11.9. The van der Waals surface area contributed by atoms with E-state index in [2.05, 4.69) is 30.1 Å². The Morgan fingerprint density at radius 3 is 2.74 bits per heavy atom. The van der Waals surface area contributed by atoms with E-state index >= 15 is 0 Å². The summed E-state index contributed by atoms with van der Waals surface area (Å²) in [5.41, 5.74) is 0.148. The first-order chi connectivity index (χ1) is 12.9. The molecule has 150 valence electrons. The van der Waals surface area contributed by atoms with Crippen LogP contribution in [-0.2, 0) is 5.41 Å². The second-order valence-electron chi connectivity index (χ2n) is 9.83. The Balaban J connectivity index is 1.61. The quantitative estimate of drug-likeness (QED) is 0.717. The Morgan fingerprint density at radius 1 is 1.22 bits per heavy atom. The van der Waals surface area contributed by atoms with Crippen LogP contribution in [0.1, 0.15) is 57.9 Å². The lowest BCUT2D eigenvalue weighted by molar-refractivity contribution is -0.127. The first-order valence-corrected chi connectivity index (χ1v) is 10.9. The van der Waals surface area contributed by atoms with Gasteiger partial charge in [0, 0.05) is 24.5 Å². The fourth-order valence-corrected chi connectivity index (χ4v) is 5.46. The first kappa shape index (κ1) is 19.2. The minimum atomic E-state index is -0.704. The van der Waals surface area contributed by atoms with E-state index in [1.165, 1.54) is 12.8 Å². The van der Waals surface area contributed by atoms with Crippen LogP contribution in [0.5, 0.6) is 5.75 Å². The molecule has 3 N–H and O–H groups in total. The summed E-state index contributed by atoms with van der Waals surface area (Å²) in [5, 5.41) is 25.8. The summed E-state index contributed by atoms with van der Waals surface area (Å²) < 4.78 is 0. The van der Waals surface area contributed by atoms with Crippen LogP contribution in [0.4, 0.5) is 0 Å². The molecule has 1 saturated heterocycles. The Hall–Kier alpha value is -1.10. The largest absolute Gasteiger partial charge is 0.508 e. The fraction of sp³-hybridized carbons (Fsp3) is 0.739. The summed E-state index contributed by atoms with van der Waals surface area (Å²) in [7, 11) is 0. The van der Waals surface area contributed by atoms with E-state index < -0.39 is 5.60 Å². The van der Waals surface area contributed by atoms with E-state index in [1.54, 1.807) is 6.07 Å². The van der Waals surface area contributed by atoms with Crippen molar-refractivity contribution < 1.29 is 10.2 Å². The SMILES string of the molecule is CC(C)CN[C@H]1CC[C@@]2(O)CN(CC3CC3)CC[C@]2(c2cccc(O)c2)C1. The monoisotopic (exact) mass is 372 g/mol. The molecule has 4 heteroatoms. The highest BCUT2D eigenvalue weighted by Crippen LogP contribution is 2.52. The van der Waals surface area contributed by atoms with Crippen molar-refractivity contribution in [2.45, 2.75) is 69.4 Å². The minimum Gasteiger partial charge on any atom is -0.508 e. The zero-order valence-electron chi connectivity index (χ0n) is 17.0. The molecule has 0 aromatic heterocycles. The number of hydrogen-bond acceptors (Lipinski definition) is 4. The van der Waals surface area contributed by atoms with Crippen molar-refractivity contribution in [2.24, 2.45) is 11.8 Å². The molecule has 27 heavy (non-hydrogen) atoms. The molecule has 0 radical (unpaired) electrons. The topological polar surface area (TPSA) is 55.7 Å². The van der Waals surface area contributed by atoms with Crippen LogP contribution in [0.3, 0.4) is 0 Å². The minimum absolute atomic E-state index is 0.265. The van der Waals surface area contributed by atoms with Crippen LogP contribution in [0.15, 0.2) is 24.3 Å². The Bertz CT molecular complexity index is 660. The Labute approximate surface area is 164 Å². The third kappa shape index (κ3) is 3.90. The molecule has 0 amide bonds. The second-order valence-corrected chi connectivity index (χ2v) is 9.83. The molecule has 3 atom stereocenters. The molecular formula is C23H36N2O2. The molecule has 3 aliphatic rings. The lowest BCUT2D eigenvalue weighted by Gasteiger charge is -2.58. The number of piperidine rings is 1. The van der Waals surface area contributed by atoms with Gasteiger partial charge in [-0.25, -0.2) is 0 Å². The average molecular weight is 373 g/mol. The van der Waals surface area contributed by atoms with Crippen molar-refractivity contribution in [1.29, 1.82) is 0 Å². The van der Waals surface area contributed by atoms with Gasteiger partial charge in [-0.05, 0) is 81.1 Å². The van der Waals surface area contributed by atoms with Crippen LogP contribution in [0.25, 0.3) is 0 Å². The standard InChI is InChI=1S/C23H36N2O2/c1-17(2)14-24-20-8-9-23(27)16-25(15-18-6-7-18)11-10-22(23,13-20)19-4-3-5-21(26)12-19/h3-5,12,17-18,20,24,26-27H,6-11,13-16H2,1-2H3/t20-,22+,23+/m0/s1. The van der Waals surface area contributed by atoms with Crippen molar-refractivity contribution in [2.75, 3.05) is 26.2 Å². The molecular weight excluding hydrogens is 336 g/mol. The molecule has 1 heterocycles. The number of benzene rings is 1. The number of β-amino-alcohol motifs (C(OH)–C–C–N with tert-alkyl or cyclic N) is 1. The van der Waals surface area contributed by atoms with Gasteiger partial charge < -0.3 is 20.4 Å². The number of phenolic OH excluding ortho intramolecular Hbond substituents is 1. The van der Waals surface area contributed by atoms with Crippen LogP contribution >= 0.6 is 0 Å². The molecule has 2 saturated carbocycles. The van der Waals surface area contributed by atoms with Gasteiger partial charge in [0.1, 0.15) is 5.75 Å². The van der Waals surface area contributed by atoms with Crippen molar-refractivity contribution in [3.8, 4) is 5.75 Å². The molecule has 2 aliphatic carbocycles. The zero-order chi connectivity index (χ0) is 19.1. The van der Waals surface area contributed by atoms with E-state index in [-0.39, 0.29) is 5.41 Å². The normalized spacial score (nSPS) is 34.6. The van der Waals surface area contributed by atoms with Gasteiger partial charge in [0.2, 0.25) is 0 Å². The molecule has 4 nitrogen and oxygen atoms in total. The third-order valence-electron chi connectivity index (χ3n) is 7.16. The number of hydrogen-bond donors (Lipinski definition) is 3. The number of nitrogens with one attached hydrogen (secondary N) is 1. The molecule has 0 spiro atoms. The van der Waals surface area contributed by atoms with Gasteiger partial charge in [0.25, 0.3) is 0 Å². The van der Waals surface area contributed by atoms with Gasteiger partial charge in [0.05, 0.1) is 5.60 Å². The van der Waals surface area contributed by atoms with Crippen molar-refractivity contribution in [1.82, 2.24) is 10.2 Å². The number of rotatable bonds is 6. The maximum absolute atomic E-state index is 11.9. The summed E-state index contributed by atoms with van der Waals surface area (Å²) in [6, 6.07) is 8.11. The molecule has 3 fully saturated rings. The van der Waals surface area contributed by atoms with Crippen molar-refractivity contribution in [3.63, 3.8) is 0 Å². The zero-order valence-corrected chi connectivity index (χ0v) is 17.0. The summed E-state index contributed by atoms with van der Waals surface area (Å²) in [6.07, 6.45) is 6.50. The van der Waals surface area contributed by atoms with Gasteiger partial charge >= 0.3 is 0 Å². The Morgan fingerprint density at radius 2 is 2.04 bits per heavy atom. The molecule has 1 aliphatic heterocycles. The lowest BCUT2D eigenvalue weighted by Crippen LogP contribution is -2.67. The van der Waals surface area contributed by atoms with Gasteiger partial charge in [-0.1, -0.05) is 26.0 Å². The van der Waals surface area contributed by atoms with E-state index in [9.17, 15) is 10.2 Å². The average Bonchev–Trinajstić information content (AvgIpc) is 3.43. The Kier molecular flexibility index (Phi) is 5.26. The third-order valence-corrected chi connectivity index (χ3v) is 7.16. The van der Waals surface area contributed by atoms with Crippen LogP contribution in [0.2, 0.25) is 0 Å². The number of aliphatic hydroxyl groups is 1. The van der Waals surface area contributed by atoms with E-state index in [4.69, 9.17) is 0 Å². The summed E-state index contributed by atoms with van der Waals surface area (Å²) in [4.78, 5) is 2.50. The van der Waals surface area contributed by atoms with Crippen molar-refractivity contribution >= 4 is 0 Å². The van der Waals surface area contributed by atoms with E-state index in [0.29, 0.717) is 17.7 Å². The van der Waals surface area contributed by atoms with Crippen molar-refractivity contribution in [3.05, 3.63) is 29.8 Å². The molecule has 1 aromatic rings. The van der Waals surface area contributed by atoms with Crippen LogP contribution in [-0.4, -0.2) is 52.9 Å². The maximum Gasteiger partial charge on any atom is 0.115 e. The number of phenols is 1. The van der Waals surface area contributed by atoms with Gasteiger partial charge in [0.15, 0.2) is 0 Å². The summed E-state index contributed by atoms with van der Waals surface area (Å²) in [6.45, 7) is 8.48. The first-order valence-electron chi connectivity index (χ1n) is 10.9. The predicted molar refractivity (Wildman–Crippen MR) is 109 cm³/mol. The van der Waals surface area contributed by atoms with E-state index in [1.807, 2.05) is 12.1 Å². The van der Waals surface area contributed by atoms with Gasteiger partial charge in [-0.2, -0.15) is 0 Å². The lowest BCUT2D eigenvalue weighted by atomic mass is 9.55. The molecule has 1 aromatic carbocycles. The highest BCUT2D eigenvalue weighted by atomic mass is 16.3. The second kappa shape index (κ2) is 7.38. The highest BCUT2D eigenvalue weighted by molar-refractivity contribution is 5.38. The molecule has 4 rings (SSSR count). The summed E-state index contributed by atoms with van der Waals surface area (Å²) in [5.74, 6) is 1.79. The van der Waals surface area contributed by atoms with Gasteiger partial charge in [-0.15, -0.1) is 0 Å². The van der Waals surface area contributed by atoms with Crippen LogP contribution in [0, 0.1) is 11.8 Å². The van der Waals surface area contributed by atoms with E-state index in [0.717, 1.165) is 63.3 Å². The smallest absolute Gasteiger partial charge is 0.115 e.